The molecule has 0 aliphatic heterocycles. The Morgan fingerprint density at radius 2 is 2.06 bits per heavy atom. The van der Waals surface area contributed by atoms with Gasteiger partial charge in [0.2, 0.25) is 0 Å². The minimum atomic E-state index is 0.0943. The average Bonchev–Trinajstić information content (AvgIpc) is 2.73. The maximum Gasteiger partial charge on any atom is 0.169 e. The van der Waals surface area contributed by atoms with Gasteiger partial charge in [-0.05, 0) is 54.9 Å². The number of hydrogen-bond acceptors (Lipinski definition) is 4. The van der Waals surface area contributed by atoms with E-state index in [1.807, 2.05) is 24.4 Å². The van der Waals surface area contributed by atoms with Gasteiger partial charge in [0.15, 0.2) is 5.82 Å². The quantitative estimate of drug-likeness (QED) is 0.931. The third-order valence-corrected chi connectivity index (χ3v) is 3.93. The maximum absolute atomic E-state index is 4.58. The second kappa shape index (κ2) is 5.47. The molecule has 5 heteroatoms. The standard InChI is InChI=1S/C13H16BrN3S/c1-13(2,3)16-8-9-6-7-15-12(17-9)10-4-5-11(14)18-10/h4-7,16H,8H2,1-3H3. The number of hydrogen-bond donors (Lipinski definition) is 1. The van der Waals surface area contributed by atoms with Crippen LogP contribution in [0.15, 0.2) is 28.2 Å². The predicted molar refractivity (Wildman–Crippen MR) is 79.6 cm³/mol. The van der Waals surface area contributed by atoms with Crippen LogP contribution in [0.1, 0.15) is 26.5 Å². The van der Waals surface area contributed by atoms with E-state index in [-0.39, 0.29) is 5.54 Å². The Hall–Kier alpha value is -0.780. The molecular formula is C13H16BrN3S. The summed E-state index contributed by atoms with van der Waals surface area (Å²) in [5.41, 5.74) is 1.11. The van der Waals surface area contributed by atoms with Gasteiger partial charge in [-0.2, -0.15) is 0 Å². The van der Waals surface area contributed by atoms with Crippen LogP contribution in [0.5, 0.6) is 0 Å². The van der Waals surface area contributed by atoms with Crippen LogP contribution in [0.4, 0.5) is 0 Å². The van der Waals surface area contributed by atoms with Gasteiger partial charge in [-0.1, -0.05) is 0 Å². The molecule has 3 nitrogen and oxygen atoms in total. The van der Waals surface area contributed by atoms with Crippen molar-refractivity contribution in [2.75, 3.05) is 0 Å². The number of thiophene rings is 1. The van der Waals surface area contributed by atoms with Crippen LogP contribution in [-0.4, -0.2) is 15.5 Å². The van der Waals surface area contributed by atoms with Crippen LogP contribution in [0.25, 0.3) is 10.7 Å². The van der Waals surface area contributed by atoms with Crippen molar-refractivity contribution in [1.29, 1.82) is 0 Å². The highest BCUT2D eigenvalue weighted by molar-refractivity contribution is 9.11. The van der Waals surface area contributed by atoms with E-state index >= 15 is 0 Å². The first-order chi connectivity index (χ1) is 8.44. The molecule has 0 fully saturated rings. The lowest BCUT2D eigenvalue weighted by atomic mass is 10.1. The summed E-state index contributed by atoms with van der Waals surface area (Å²) in [5.74, 6) is 0.791. The summed E-state index contributed by atoms with van der Waals surface area (Å²) in [6.45, 7) is 7.19. The van der Waals surface area contributed by atoms with Gasteiger partial charge in [0.1, 0.15) is 0 Å². The van der Waals surface area contributed by atoms with Gasteiger partial charge in [-0.25, -0.2) is 9.97 Å². The largest absolute Gasteiger partial charge is 0.306 e. The van der Waals surface area contributed by atoms with E-state index in [0.717, 1.165) is 26.7 Å². The summed E-state index contributed by atoms with van der Waals surface area (Å²) < 4.78 is 1.10. The minimum Gasteiger partial charge on any atom is -0.306 e. The van der Waals surface area contributed by atoms with Crippen LogP contribution < -0.4 is 5.32 Å². The molecule has 0 aromatic carbocycles. The van der Waals surface area contributed by atoms with Gasteiger partial charge in [-0.15, -0.1) is 11.3 Å². The average molecular weight is 326 g/mol. The number of halogens is 1. The fourth-order valence-electron chi connectivity index (χ4n) is 1.40. The van der Waals surface area contributed by atoms with Gasteiger partial charge in [0.25, 0.3) is 0 Å². The van der Waals surface area contributed by atoms with Crippen LogP contribution in [0.3, 0.4) is 0 Å². The summed E-state index contributed by atoms with van der Waals surface area (Å²) in [6, 6.07) is 6.00. The van der Waals surface area contributed by atoms with Gasteiger partial charge in [0, 0.05) is 18.3 Å². The summed E-state index contributed by atoms with van der Waals surface area (Å²) in [6.07, 6.45) is 1.82. The lowest BCUT2D eigenvalue weighted by Crippen LogP contribution is -2.35. The molecule has 18 heavy (non-hydrogen) atoms. The zero-order chi connectivity index (χ0) is 13.2. The van der Waals surface area contributed by atoms with Crippen molar-refractivity contribution in [2.24, 2.45) is 0 Å². The Bertz CT molecular complexity index is 531. The molecule has 0 bridgehead atoms. The Kier molecular flexibility index (Phi) is 4.14. The third-order valence-electron chi connectivity index (χ3n) is 2.31. The molecule has 2 heterocycles. The highest BCUT2D eigenvalue weighted by Gasteiger charge is 2.10. The SMILES string of the molecule is CC(C)(C)NCc1ccnc(-c2ccc(Br)s2)n1. The molecule has 2 aromatic heterocycles. The van der Waals surface area contributed by atoms with Crippen molar-refractivity contribution in [2.45, 2.75) is 32.9 Å². The van der Waals surface area contributed by atoms with E-state index in [1.165, 1.54) is 0 Å². The summed E-state index contributed by atoms with van der Waals surface area (Å²) in [4.78, 5) is 9.98. The monoisotopic (exact) mass is 325 g/mol. The van der Waals surface area contributed by atoms with Crippen LogP contribution >= 0.6 is 27.3 Å². The van der Waals surface area contributed by atoms with Crippen molar-refractivity contribution in [3.05, 3.63) is 33.9 Å². The first-order valence-electron chi connectivity index (χ1n) is 5.77. The second-order valence-corrected chi connectivity index (χ2v) is 7.54. The van der Waals surface area contributed by atoms with Crippen molar-refractivity contribution in [3.63, 3.8) is 0 Å². The highest BCUT2D eigenvalue weighted by atomic mass is 79.9. The molecule has 1 N–H and O–H groups in total. The molecule has 96 valence electrons. The Morgan fingerprint density at radius 1 is 1.28 bits per heavy atom. The van der Waals surface area contributed by atoms with Crippen molar-refractivity contribution in [3.8, 4) is 10.7 Å². The molecule has 0 atom stereocenters. The van der Waals surface area contributed by atoms with Crippen LogP contribution in [-0.2, 0) is 6.54 Å². The molecule has 0 amide bonds. The fraction of sp³-hybridized carbons (Fsp3) is 0.385. The smallest absolute Gasteiger partial charge is 0.169 e. The molecule has 2 rings (SSSR count). The summed E-state index contributed by atoms with van der Waals surface area (Å²) in [7, 11) is 0. The molecule has 0 spiro atoms. The molecule has 0 saturated carbocycles. The lowest BCUT2D eigenvalue weighted by Gasteiger charge is -2.20. The van der Waals surface area contributed by atoms with E-state index in [2.05, 4.69) is 52.0 Å². The number of nitrogens with one attached hydrogen (secondary N) is 1. The first-order valence-corrected chi connectivity index (χ1v) is 7.38. The van der Waals surface area contributed by atoms with Gasteiger partial charge >= 0.3 is 0 Å². The topological polar surface area (TPSA) is 37.8 Å². The van der Waals surface area contributed by atoms with Crippen LogP contribution in [0.2, 0.25) is 0 Å². The van der Waals surface area contributed by atoms with Crippen molar-refractivity contribution in [1.82, 2.24) is 15.3 Å². The zero-order valence-electron chi connectivity index (χ0n) is 10.7. The third kappa shape index (κ3) is 3.86. The summed E-state index contributed by atoms with van der Waals surface area (Å²) >= 11 is 5.10. The van der Waals surface area contributed by atoms with Crippen LogP contribution in [0, 0.1) is 0 Å². The molecule has 0 unspecified atom stereocenters. The second-order valence-electron chi connectivity index (χ2n) is 5.08. The number of rotatable bonds is 3. The van der Waals surface area contributed by atoms with E-state index < -0.39 is 0 Å². The first kappa shape index (κ1) is 13.6. The highest BCUT2D eigenvalue weighted by Crippen LogP contribution is 2.28. The van der Waals surface area contributed by atoms with E-state index in [1.54, 1.807) is 11.3 Å². The van der Waals surface area contributed by atoms with E-state index in [9.17, 15) is 0 Å². The molecule has 0 aliphatic carbocycles. The van der Waals surface area contributed by atoms with Crippen molar-refractivity contribution < 1.29 is 0 Å². The molecule has 0 saturated heterocycles. The lowest BCUT2D eigenvalue weighted by molar-refractivity contribution is 0.421. The minimum absolute atomic E-state index is 0.0943. The molecular weight excluding hydrogens is 310 g/mol. The van der Waals surface area contributed by atoms with E-state index in [4.69, 9.17) is 0 Å². The predicted octanol–water partition coefficient (Wildman–Crippen LogP) is 3.86. The number of aromatic nitrogens is 2. The molecule has 0 aliphatic rings. The number of nitrogens with zero attached hydrogens (tertiary/aromatic N) is 2. The van der Waals surface area contributed by atoms with Gasteiger partial charge in [0.05, 0.1) is 14.4 Å². The Morgan fingerprint density at radius 3 is 2.67 bits per heavy atom. The summed E-state index contributed by atoms with van der Waals surface area (Å²) in [5, 5.41) is 3.43. The normalized spacial score (nSPS) is 11.8. The maximum atomic E-state index is 4.58. The van der Waals surface area contributed by atoms with Crippen molar-refractivity contribution >= 4 is 27.3 Å². The van der Waals surface area contributed by atoms with Gasteiger partial charge < -0.3 is 5.32 Å². The molecule has 2 aromatic rings. The Labute approximate surface area is 120 Å². The van der Waals surface area contributed by atoms with Gasteiger partial charge in [-0.3, -0.25) is 0 Å². The zero-order valence-corrected chi connectivity index (χ0v) is 13.1. The molecule has 0 radical (unpaired) electrons. The van der Waals surface area contributed by atoms with E-state index in [0.29, 0.717) is 0 Å². The Balaban J connectivity index is 2.15. The fourth-order valence-corrected chi connectivity index (χ4v) is 2.73.